The zero-order valence-corrected chi connectivity index (χ0v) is 14.5. The highest BCUT2D eigenvalue weighted by Gasteiger charge is 2.23. The maximum atomic E-state index is 12.7. The van der Waals surface area contributed by atoms with Gasteiger partial charge in [0, 0.05) is 17.1 Å². The number of carbonyl (C=O) groups is 1. The molecule has 4 heteroatoms. The summed E-state index contributed by atoms with van der Waals surface area (Å²) in [5.74, 6) is -0.305. The van der Waals surface area contributed by atoms with Crippen molar-refractivity contribution >= 4 is 16.8 Å². The van der Waals surface area contributed by atoms with E-state index in [1.165, 1.54) is 0 Å². The van der Waals surface area contributed by atoms with Gasteiger partial charge >= 0.3 is 0 Å². The number of carbonyl (C=O) groups excluding carboxylic acids is 1. The Morgan fingerprint density at radius 2 is 1.88 bits per heavy atom. The van der Waals surface area contributed by atoms with E-state index in [2.05, 4.69) is 23.5 Å². The van der Waals surface area contributed by atoms with Crippen molar-refractivity contribution in [3.8, 4) is 0 Å². The largest absolute Gasteiger partial charge is 0.361 e. The average molecular weight is 336 g/mol. The molecule has 1 atom stereocenters. The van der Waals surface area contributed by atoms with Gasteiger partial charge in [0.2, 0.25) is 0 Å². The van der Waals surface area contributed by atoms with Gasteiger partial charge in [-0.15, -0.1) is 0 Å². The van der Waals surface area contributed by atoms with Crippen LogP contribution in [-0.2, 0) is 16.2 Å². The lowest BCUT2D eigenvalue weighted by molar-refractivity contribution is -0.136. The number of aromatic nitrogens is 1. The normalized spacial score (nSPS) is 12.2. The number of amides is 1. The molecule has 2 N–H and O–H groups in total. The highest BCUT2D eigenvalue weighted by molar-refractivity contribution is 5.91. The second-order valence-electron chi connectivity index (χ2n) is 6.23. The lowest BCUT2D eigenvalue weighted by Crippen LogP contribution is -2.29. The molecule has 0 spiro atoms. The number of fused-ring (bicyclic) bond motifs is 1. The minimum atomic E-state index is -0.216. The third-order valence-electron chi connectivity index (χ3n) is 4.41. The molecule has 1 heterocycles. The molecule has 0 aliphatic carbocycles. The molecule has 0 saturated heterocycles. The number of hydroxylamine groups is 1. The molecule has 25 heavy (non-hydrogen) atoms. The molecule has 0 radical (unpaired) electrons. The summed E-state index contributed by atoms with van der Waals surface area (Å²) in [6.45, 7) is 2.50. The predicted molar refractivity (Wildman–Crippen MR) is 99.9 cm³/mol. The molecule has 0 fully saturated rings. The number of hydrogen-bond acceptors (Lipinski definition) is 2. The number of unbranched alkanes of at least 4 members (excludes halogenated alkanes) is 1. The Kier molecular flexibility index (Phi) is 5.86. The van der Waals surface area contributed by atoms with Gasteiger partial charge in [0.1, 0.15) is 0 Å². The average Bonchev–Trinajstić information content (AvgIpc) is 3.07. The van der Waals surface area contributed by atoms with Crippen LogP contribution in [0, 0.1) is 0 Å². The van der Waals surface area contributed by atoms with Gasteiger partial charge in [-0.3, -0.25) is 9.63 Å². The van der Waals surface area contributed by atoms with Crippen LogP contribution in [-0.4, -0.2) is 10.9 Å². The molecule has 1 aromatic heterocycles. The quantitative estimate of drug-likeness (QED) is 0.586. The van der Waals surface area contributed by atoms with Gasteiger partial charge in [0.05, 0.1) is 12.5 Å². The molecule has 0 aliphatic heterocycles. The Hall–Kier alpha value is -2.59. The summed E-state index contributed by atoms with van der Waals surface area (Å²) in [4.78, 5) is 21.4. The van der Waals surface area contributed by atoms with E-state index in [1.54, 1.807) is 0 Å². The van der Waals surface area contributed by atoms with E-state index in [0.717, 1.165) is 41.3 Å². The van der Waals surface area contributed by atoms with Gasteiger partial charge in [-0.05, 0) is 23.6 Å². The number of rotatable bonds is 8. The molecule has 1 amide bonds. The van der Waals surface area contributed by atoms with Crippen molar-refractivity contribution in [3.63, 3.8) is 0 Å². The van der Waals surface area contributed by atoms with E-state index < -0.39 is 0 Å². The van der Waals surface area contributed by atoms with E-state index in [9.17, 15) is 4.79 Å². The topological polar surface area (TPSA) is 54.1 Å². The first-order valence-corrected chi connectivity index (χ1v) is 8.81. The fourth-order valence-electron chi connectivity index (χ4n) is 3.05. The molecular formula is C21H24N2O2. The van der Waals surface area contributed by atoms with Crippen LogP contribution in [0.2, 0.25) is 0 Å². The lowest BCUT2D eigenvalue weighted by atomic mass is 9.92. The second-order valence-corrected chi connectivity index (χ2v) is 6.23. The summed E-state index contributed by atoms with van der Waals surface area (Å²) < 4.78 is 0. The summed E-state index contributed by atoms with van der Waals surface area (Å²) in [6.07, 6.45) is 4.80. The Morgan fingerprint density at radius 1 is 1.12 bits per heavy atom. The maximum Gasteiger partial charge on any atom is 0.251 e. The Labute approximate surface area is 148 Å². The molecule has 3 rings (SSSR count). The molecule has 0 saturated carbocycles. The number of benzene rings is 2. The zero-order valence-electron chi connectivity index (χ0n) is 14.5. The third-order valence-corrected chi connectivity index (χ3v) is 4.41. The molecule has 130 valence electrons. The first kappa shape index (κ1) is 17.2. The van der Waals surface area contributed by atoms with Crippen molar-refractivity contribution < 1.29 is 9.63 Å². The molecule has 3 aromatic rings. The van der Waals surface area contributed by atoms with E-state index in [4.69, 9.17) is 4.84 Å². The van der Waals surface area contributed by atoms with Crippen LogP contribution < -0.4 is 5.48 Å². The minimum absolute atomic E-state index is 0.0888. The first-order chi connectivity index (χ1) is 12.3. The molecular weight excluding hydrogens is 312 g/mol. The van der Waals surface area contributed by atoms with Gasteiger partial charge in [0.15, 0.2) is 0 Å². The summed E-state index contributed by atoms with van der Waals surface area (Å²) >= 11 is 0. The SMILES string of the molecule is CCCCC(C(=O)NOCc1ccccc1)c1c[nH]c2ccccc12. The van der Waals surface area contributed by atoms with E-state index in [0.29, 0.717) is 6.61 Å². The van der Waals surface area contributed by atoms with Gasteiger partial charge < -0.3 is 4.98 Å². The van der Waals surface area contributed by atoms with Crippen LogP contribution >= 0.6 is 0 Å². The molecule has 1 unspecified atom stereocenters. The highest BCUT2D eigenvalue weighted by atomic mass is 16.6. The Balaban J connectivity index is 1.70. The van der Waals surface area contributed by atoms with Crippen LogP contribution in [0.3, 0.4) is 0 Å². The number of nitrogens with one attached hydrogen (secondary N) is 2. The number of para-hydroxylation sites is 1. The van der Waals surface area contributed by atoms with Crippen molar-refractivity contribution in [3.05, 3.63) is 71.9 Å². The summed E-state index contributed by atoms with van der Waals surface area (Å²) in [5.41, 5.74) is 5.75. The summed E-state index contributed by atoms with van der Waals surface area (Å²) in [7, 11) is 0. The molecule has 0 bridgehead atoms. The maximum absolute atomic E-state index is 12.7. The van der Waals surface area contributed by atoms with Crippen LogP contribution in [0.5, 0.6) is 0 Å². The number of aromatic amines is 1. The van der Waals surface area contributed by atoms with E-state index in [1.807, 2.05) is 54.7 Å². The monoisotopic (exact) mass is 336 g/mol. The van der Waals surface area contributed by atoms with E-state index >= 15 is 0 Å². The van der Waals surface area contributed by atoms with Crippen molar-refractivity contribution in [1.82, 2.24) is 10.5 Å². The Morgan fingerprint density at radius 3 is 2.68 bits per heavy atom. The smallest absolute Gasteiger partial charge is 0.251 e. The van der Waals surface area contributed by atoms with Crippen molar-refractivity contribution in [1.29, 1.82) is 0 Å². The molecule has 0 aliphatic rings. The number of hydrogen-bond donors (Lipinski definition) is 2. The van der Waals surface area contributed by atoms with Crippen molar-refractivity contribution in [2.45, 2.75) is 38.7 Å². The third kappa shape index (κ3) is 4.28. The van der Waals surface area contributed by atoms with Gasteiger partial charge in [0.25, 0.3) is 5.91 Å². The molecule has 4 nitrogen and oxygen atoms in total. The standard InChI is InChI=1S/C21H24N2O2/c1-2-3-11-18(19-14-22-20-13-8-7-12-17(19)20)21(24)23-25-15-16-9-5-4-6-10-16/h4-10,12-14,18,22H,2-3,11,15H2,1H3,(H,23,24). The fraction of sp³-hybridized carbons (Fsp3) is 0.286. The summed E-state index contributed by atoms with van der Waals surface area (Å²) in [5, 5.41) is 1.10. The predicted octanol–water partition coefficient (Wildman–Crippen LogP) is 4.69. The van der Waals surface area contributed by atoms with Gasteiger partial charge in [-0.2, -0.15) is 0 Å². The fourth-order valence-corrected chi connectivity index (χ4v) is 3.05. The van der Waals surface area contributed by atoms with Crippen molar-refractivity contribution in [2.75, 3.05) is 0 Å². The lowest BCUT2D eigenvalue weighted by Gasteiger charge is -2.16. The van der Waals surface area contributed by atoms with Gasteiger partial charge in [-0.25, -0.2) is 5.48 Å². The van der Waals surface area contributed by atoms with Crippen LogP contribution in [0.1, 0.15) is 43.2 Å². The second kappa shape index (κ2) is 8.49. The van der Waals surface area contributed by atoms with Crippen LogP contribution in [0.15, 0.2) is 60.8 Å². The van der Waals surface area contributed by atoms with Gasteiger partial charge in [-0.1, -0.05) is 68.3 Å². The van der Waals surface area contributed by atoms with Crippen molar-refractivity contribution in [2.24, 2.45) is 0 Å². The minimum Gasteiger partial charge on any atom is -0.361 e. The first-order valence-electron chi connectivity index (χ1n) is 8.81. The number of H-pyrrole nitrogens is 1. The molecule has 2 aromatic carbocycles. The highest BCUT2D eigenvalue weighted by Crippen LogP contribution is 2.29. The van der Waals surface area contributed by atoms with E-state index in [-0.39, 0.29) is 11.8 Å². The zero-order chi connectivity index (χ0) is 17.5. The van der Waals surface area contributed by atoms with Crippen LogP contribution in [0.4, 0.5) is 0 Å². The van der Waals surface area contributed by atoms with Crippen LogP contribution in [0.25, 0.3) is 10.9 Å². The summed E-state index contributed by atoms with van der Waals surface area (Å²) in [6, 6.07) is 17.9. The Bertz CT molecular complexity index is 811.